The molecule has 2 aliphatic rings. The average Bonchev–Trinajstić information content (AvgIpc) is 2.67. The van der Waals surface area contributed by atoms with E-state index in [1.54, 1.807) is 27.4 Å². The summed E-state index contributed by atoms with van der Waals surface area (Å²) in [4.78, 5) is 24.5. The zero-order valence-electron chi connectivity index (χ0n) is 13.1. The fraction of sp³-hybridized carbons (Fsp3) is 0.529. The molecule has 0 bridgehead atoms. The molecule has 0 radical (unpaired) electrons. The molecule has 0 N–H and O–H groups in total. The van der Waals surface area contributed by atoms with Gasteiger partial charge in [-0.05, 0) is 24.8 Å². The van der Waals surface area contributed by atoms with E-state index in [-0.39, 0.29) is 23.4 Å². The van der Waals surface area contributed by atoms with E-state index >= 15 is 0 Å². The zero-order valence-corrected chi connectivity index (χ0v) is 13.1. The van der Waals surface area contributed by atoms with Crippen molar-refractivity contribution in [1.82, 2.24) is 0 Å². The number of carbonyl (C=O) groups excluding carboxylic acids is 2. The Morgan fingerprint density at radius 1 is 0.909 bits per heavy atom. The SMILES string of the molecule is COc1cc2c(c(OC)c1OC)[C@H]1CCC(=O)CCC1C2=O. The summed E-state index contributed by atoms with van der Waals surface area (Å²) in [7, 11) is 4.66. The molecule has 1 fully saturated rings. The van der Waals surface area contributed by atoms with Crippen molar-refractivity contribution in [1.29, 1.82) is 0 Å². The first-order valence-electron chi connectivity index (χ1n) is 7.51. The standard InChI is InChI=1S/C17H20O5/c1-20-13-8-12-14(17(22-3)16(13)21-2)10-6-4-9(18)5-7-11(10)15(12)19/h8,10-11H,4-7H2,1-3H3/t10-,11?/m0/s1. The van der Waals surface area contributed by atoms with Gasteiger partial charge in [0, 0.05) is 29.9 Å². The predicted molar refractivity (Wildman–Crippen MR) is 80.1 cm³/mol. The number of fused-ring (bicyclic) bond motifs is 3. The van der Waals surface area contributed by atoms with Crippen molar-refractivity contribution in [3.8, 4) is 17.2 Å². The van der Waals surface area contributed by atoms with Crippen molar-refractivity contribution in [2.45, 2.75) is 31.6 Å². The number of ketones is 2. The molecule has 0 amide bonds. The summed E-state index contributed by atoms with van der Waals surface area (Å²) in [5.41, 5.74) is 1.53. The summed E-state index contributed by atoms with van der Waals surface area (Å²) in [5, 5.41) is 0. The minimum atomic E-state index is -0.132. The number of ether oxygens (including phenoxy) is 3. The van der Waals surface area contributed by atoms with E-state index in [4.69, 9.17) is 14.2 Å². The second kappa shape index (κ2) is 5.63. The maximum atomic E-state index is 12.8. The average molecular weight is 304 g/mol. The number of Topliss-reactive ketones (excluding diaryl/α,β-unsaturated/α-hetero) is 2. The van der Waals surface area contributed by atoms with Gasteiger partial charge in [0.2, 0.25) is 5.75 Å². The molecule has 2 aliphatic carbocycles. The highest BCUT2D eigenvalue weighted by Gasteiger charge is 2.44. The third kappa shape index (κ3) is 2.07. The molecule has 22 heavy (non-hydrogen) atoms. The van der Waals surface area contributed by atoms with Crippen LogP contribution in [0.2, 0.25) is 0 Å². The van der Waals surface area contributed by atoms with Crippen molar-refractivity contribution in [2.75, 3.05) is 21.3 Å². The van der Waals surface area contributed by atoms with Crippen LogP contribution >= 0.6 is 0 Å². The number of rotatable bonds is 3. The lowest BCUT2D eigenvalue weighted by Crippen LogP contribution is -2.12. The Morgan fingerprint density at radius 2 is 1.55 bits per heavy atom. The monoisotopic (exact) mass is 304 g/mol. The highest BCUT2D eigenvalue weighted by atomic mass is 16.5. The van der Waals surface area contributed by atoms with Crippen LogP contribution in [0.15, 0.2) is 6.07 Å². The molecule has 0 spiro atoms. The van der Waals surface area contributed by atoms with E-state index in [0.29, 0.717) is 48.5 Å². The van der Waals surface area contributed by atoms with Gasteiger partial charge in [-0.25, -0.2) is 0 Å². The van der Waals surface area contributed by atoms with Crippen LogP contribution in [0.4, 0.5) is 0 Å². The van der Waals surface area contributed by atoms with E-state index in [9.17, 15) is 9.59 Å². The summed E-state index contributed by atoms with van der Waals surface area (Å²) < 4.78 is 16.3. The van der Waals surface area contributed by atoms with E-state index in [2.05, 4.69) is 0 Å². The Balaban J connectivity index is 2.18. The molecule has 2 atom stereocenters. The van der Waals surface area contributed by atoms with Gasteiger partial charge in [0.05, 0.1) is 21.3 Å². The van der Waals surface area contributed by atoms with Gasteiger partial charge >= 0.3 is 0 Å². The molecular formula is C17H20O5. The van der Waals surface area contributed by atoms with Crippen LogP contribution in [0, 0.1) is 5.92 Å². The summed E-state index contributed by atoms with van der Waals surface area (Å²) >= 11 is 0. The van der Waals surface area contributed by atoms with Gasteiger partial charge in [-0.1, -0.05) is 0 Å². The lowest BCUT2D eigenvalue weighted by Gasteiger charge is -2.20. The number of carbonyl (C=O) groups is 2. The maximum Gasteiger partial charge on any atom is 0.203 e. The fourth-order valence-corrected chi connectivity index (χ4v) is 3.77. The lowest BCUT2D eigenvalue weighted by atomic mass is 9.87. The Hall–Kier alpha value is -2.04. The van der Waals surface area contributed by atoms with Crippen LogP contribution in [-0.2, 0) is 4.79 Å². The Morgan fingerprint density at radius 3 is 2.14 bits per heavy atom. The van der Waals surface area contributed by atoms with Gasteiger partial charge in [-0.2, -0.15) is 0 Å². The van der Waals surface area contributed by atoms with Gasteiger partial charge in [0.25, 0.3) is 0 Å². The summed E-state index contributed by atoms with van der Waals surface area (Å²) in [6.07, 6.45) is 2.31. The molecule has 1 aromatic rings. The van der Waals surface area contributed by atoms with Crippen LogP contribution in [0.3, 0.4) is 0 Å². The Bertz CT molecular complexity index is 634. The van der Waals surface area contributed by atoms with Crippen molar-refractivity contribution >= 4 is 11.6 Å². The molecule has 0 heterocycles. The van der Waals surface area contributed by atoms with E-state index in [1.165, 1.54) is 0 Å². The van der Waals surface area contributed by atoms with Gasteiger partial charge in [0.15, 0.2) is 17.3 Å². The predicted octanol–water partition coefficient (Wildman–Crippen LogP) is 2.75. The van der Waals surface area contributed by atoms with Crippen molar-refractivity contribution < 1.29 is 23.8 Å². The first-order chi connectivity index (χ1) is 10.6. The number of benzene rings is 1. The zero-order chi connectivity index (χ0) is 15.9. The molecule has 1 saturated carbocycles. The number of methoxy groups -OCH3 is 3. The number of hydrogen-bond donors (Lipinski definition) is 0. The molecule has 5 heteroatoms. The second-order valence-electron chi connectivity index (χ2n) is 5.80. The highest BCUT2D eigenvalue weighted by molar-refractivity contribution is 6.05. The Labute approximate surface area is 129 Å². The fourth-order valence-electron chi connectivity index (χ4n) is 3.77. The van der Waals surface area contributed by atoms with Gasteiger partial charge in [0.1, 0.15) is 5.78 Å². The second-order valence-corrected chi connectivity index (χ2v) is 5.80. The van der Waals surface area contributed by atoms with Crippen LogP contribution in [0.1, 0.15) is 47.5 Å². The van der Waals surface area contributed by atoms with Crippen molar-refractivity contribution in [3.05, 3.63) is 17.2 Å². The van der Waals surface area contributed by atoms with Crippen LogP contribution in [-0.4, -0.2) is 32.9 Å². The van der Waals surface area contributed by atoms with Gasteiger partial charge in [-0.15, -0.1) is 0 Å². The lowest BCUT2D eigenvalue weighted by molar-refractivity contribution is -0.118. The molecule has 1 unspecified atom stereocenters. The summed E-state index contributed by atoms with van der Waals surface area (Å²) in [6, 6.07) is 1.75. The molecule has 0 saturated heterocycles. The summed E-state index contributed by atoms with van der Waals surface area (Å²) in [6.45, 7) is 0. The molecule has 5 nitrogen and oxygen atoms in total. The van der Waals surface area contributed by atoms with E-state index in [1.807, 2.05) is 0 Å². The van der Waals surface area contributed by atoms with Gasteiger partial charge in [-0.3, -0.25) is 9.59 Å². The Kier molecular flexibility index (Phi) is 3.81. The van der Waals surface area contributed by atoms with E-state index in [0.717, 1.165) is 5.56 Å². The molecule has 1 aromatic carbocycles. The van der Waals surface area contributed by atoms with Crippen molar-refractivity contribution in [3.63, 3.8) is 0 Å². The molecule has 0 aliphatic heterocycles. The third-order valence-corrected chi connectivity index (χ3v) is 4.80. The normalized spacial score (nSPS) is 23.6. The minimum Gasteiger partial charge on any atom is -0.493 e. The van der Waals surface area contributed by atoms with Crippen LogP contribution < -0.4 is 14.2 Å². The topological polar surface area (TPSA) is 61.8 Å². The minimum absolute atomic E-state index is 0.0312. The maximum absolute atomic E-state index is 12.8. The smallest absolute Gasteiger partial charge is 0.203 e. The summed E-state index contributed by atoms with van der Waals surface area (Å²) in [5.74, 6) is 1.80. The highest BCUT2D eigenvalue weighted by Crippen LogP contribution is 2.54. The number of hydrogen-bond acceptors (Lipinski definition) is 5. The quantitative estimate of drug-likeness (QED) is 0.859. The van der Waals surface area contributed by atoms with Gasteiger partial charge < -0.3 is 14.2 Å². The van der Waals surface area contributed by atoms with Crippen LogP contribution in [0.25, 0.3) is 0 Å². The third-order valence-electron chi connectivity index (χ3n) is 4.80. The van der Waals surface area contributed by atoms with Crippen molar-refractivity contribution in [2.24, 2.45) is 5.92 Å². The molecular weight excluding hydrogens is 284 g/mol. The molecule has 118 valence electrons. The first kappa shape index (κ1) is 14.9. The first-order valence-corrected chi connectivity index (χ1v) is 7.51. The largest absolute Gasteiger partial charge is 0.493 e. The molecule has 0 aromatic heterocycles. The van der Waals surface area contributed by atoms with Crippen LogP contribution in [0.5, 0.6) is 17.2 Å². The molecule has 3 rings (SSSR count). The van der Waals surface area contributed by atoms with E-state index < -0.39 is 0 Å².